The average molecular weight is 434 g/mol. The van der Waals surface area contributed by atoms with Gasteiger partial charge in [-0.25, -0.2) is 5.01 Å². The van der Waals surface area contributed by atoms with Crippen molar-refractivity contribution < 1.29 is 13.6 Å². The molecule has 0 bridgehead atoms. The van der Waals surface area contributed by atoms with Crippen LogP contribution in [-0.4, -0.2) is 42.1 Å². The van der Waals surface area contributed by atoms with Gasteiger partial charge in [0, 0.05) is 31.4 Å². The summed E-state index contributed by atoms with van der Waals surface area (Å²) in [5.74, 6) is 2.05. The lowest BCUT2D eigenvalue weighted by Crippen LogP contribution is -2.28. The normalized spacial score (nSPS) is 16.0. The molecular weight excluding hydrogens is 416 g/mol. The van der Waals surface area contributed by atoms with E-state index in [1.54, 1.807) is 37.1 Å². The SMILES string of the molecule is Cn1c(SCC(=O)N2N=C(c3ccco3)CC2c2ccco2)nnc1-c1ccncc1. The Morgan fingerprint density at radius 3 is 2.68 bits per heavy atom. The minimum Gasteiger partial charge on any atom is -0.467 e. The summed E-state index contributed by atoms with van der Waals surface area (Å²) in [6, 6.07) is 10.7. The predicted octanol–water partition coefficient (Wildman–Crippen LogP) is 3.53. The molecule has 1 atom stereocenters. The molecule has 5 heterocycles. The van der Waals surface area contributed by atoms with E-state index in [-0.39, 0.29) is 17.7 Å². The molecule has 0 radical (unpaired) electrons. The highest BCUT2D eigenvalue weighted by atomic mass is 32.2. The fourth-order valence-electron chi connectivity index (χ4n) is 3.42. The molecule has 1 amide bonds. The highest BCUT2D eigenvalue weighted by Gasteiger charge is 2.35. The molecule has 0 N–H and O–H groups in total. The Labute approximate surface area is 181 Å². The number of hydrogen-bond acceptors (Lipinski definition) is 8. The number of carbonyl (C=O) groups excluding carboxylic acids is 1. The average Bonchev–Trinajstić information content (AvgIpc) is 3.59. The van der Waals surface area contributed by atoms with E-state index in [1.807, 2.05) is 35.9 Å². The highest BCUT2D eigenvalue weighted by molar-refractivity contribution is 7.99. The van der Waals surface area contributed by atoms with E-state index in [4.69, 9.17) is 8.83 Å². The number of hydrazone groups is 1. The molecule has 1 unspecified atom stereocenters. The Morgan fingerprint density at radius 2 is 1.94 bits per heavy atom. The molecular formula is C21H18N6O3S. The van der Waals surface area contributed by atoms with E-state index in [2.05, 4.69) is 20.3 Å². The third-order valence-corrected chi connectivity index (χ3v) is 5.95. The lowest BCUT2D eigenvalue weighted by molar-refractivity contribution is -0.130. The Morgan fingerprint density at radius 1 is 1.13 bits per heavy atom. The largest absolute Gasteiger partial charge is 0.467 e. The summed E-state index contributed by atoms with van der Waals surface area (Å²) in [6.07, 6.45) is 7.12. The molecule has 0 saturated heterocycles. The number of pyridine rings is 1. The van der Waals surface area contributed by atoms with Crippen LogP contribution in [0.3, 0.4) is 0 Å². The zero-order valence-corrected chi connectivity index (χ0v) is 17.4. The van der Waals surface area contributed by atoms with Crippen molar-refractivity contribution >= 4 is 23.4 Å². The summed E-state index contributed by atoms with van der Waals surface area (Å²) in [5, 5.41) is 15.1. The van der Waals surface area contributed by atoms with Crippen molar-refractivity contribution in [1.29, 1.82) is 0 Å². The van der Waals surface area contributed by atoms with Crippen LogP contribution in [-0.2, 0) is 11.8 Å². The van der Waals surface area contributed by atoms with Gasteiger partial charge in [0.1, 0.15) is 23.3 Å². The standard InChI is InChI=1S/C21H18N6O3S/c1-26-20(14-6-8-22-9-7-14)23-24-21(26)31-13-19(28)27-16(18-5-3-11-30-18)12-15(25-27)17-4-2-10-29-17/h2-11,16H,12-13H2,1H3. The molecule has 156 valence electrons. The number of nitrogens with zero attached hydrogens (tertiary/aromatic N) is 6. The third-order valence-electron chi connectivity index (χ3n) is 4.94. The van der Waals surface area contributed by atoms with Crippen LogP contribution in [0.15, 0.2) is 80.4 Å². The smallest absolute Gasteiger partial charge is 0.253 e. The van der Waals surface area contributed by atoms with E-state index >= 15 is 0 Å². The summed E-state index contributed by atoms with van der Waals surface area (Å²) in [7, 11) is 1.87. The zero-order chi connectivity index (χ0) is 21.2. The van der Waals surface area contributed by atoms with Gasteiger partial charge in [-0.2, -0.15) is 5.10 Å². The molecule has 0 aliphatic carbocycles. The first-order chi connectivity index (χ1) is 15.2. The first kappa shape index (κ1) is 19.3. The molecule has 31 heavy (non-hydrogen) atoms. The van der Waals surface area contributed by atoms with Crippen LogP contribution >= 0.6 is 11.8 Å². The number of amides is 1. The van der Waals surface area contributed by atoms with Gasteiger partial charge in [0.25, 0.3) is 5.91 Å². The van der Waals surface area contributed by atoms with Gasteiger partial charge in [-0.1, -0.05) is 11.8 Å². The van der Waals surface area contributed by atoms with Crippen molar-refractivity contribution in [3.8, 4) is 11.4 Å². The summed E-state index contributed by atoms with van der Waals surface area (Å²) in [6.45, 7) is 0. The summed E-state index contributed by atoms with van der Waals surface area (Å²) >= 11 is 1.31. The summed E-state index contributed by atoms with van der Waals surface area (Å²) < 4.78 is 12.9. The van der Waals surface area contributed by atoms with Crippen molar-refractivity contribution in [2.24, 2.45) is 12.1 Å². The lowest BCUT2D eigenvalue weighted by Gasteiger charge is -2.19. The van der Waals surface area contributed by atoms with Crippen LogP contribution in [0.5, 0.6) is 0 Å². The summed E-state index contributed by atoms with van der Waals surface area (Å²) in [4.78, 5) is 17.1. The number of aromatic nitrogens is 4. The van der Waals surface area contributed by atoms with Crippen molar-refractivity contribution in [2.45, 2.75) is 17.6 Å². The number of carbonyl (C=O) groups is 1. The molecule has 9 nitrogen and oxygen atoms in total. The first-order valence-electron chi connectivity index (χ1n) is 9.60. The maximum absolute atomic E-state index is 13.1. The van der Waals surface area contributed by atoms with Gasteiger partial charge in [-0.3, -0.25) is 9.78 Å². The number of hydrogen-bond donors (Lipinski definition) is 0. The van der Waals surface area contributed by atoms with Gasteiger partial charge < -0.3 is 13.4 Å². The second kappa shape index (κ2) is 8.23. The predicted molar refractivity (Wildman–Crippen MR) is 113 cm³/mol. The van der Waals surface area contributed by atoms with Crippen LogP contribution in [0.2, 0.25) is 0 Å². The second-order valence-electron chi connectivity index (χ2n) is 6.89. The van der Waals surface area contributed by atoms with Crippen molar-refractivity contribution in [3.05, 3.63) is 72.8 Å². The Kier molecular flexibility index (Phi) is 5.13. The van der Waals surface area contributed by atoms with Crippen LogP contribution in [0, 0.1) is 0 Å². The third kappa shape index (κ3) is 3.77. The Bertz CT molecular complexity index is 1200. The number of rotatable bonds is 6. The van der Waals surface area contributed by atoms with E-state index in [1.165, 1.54) is 16.8 Å². The minimum absolute atomic E-state index is 0.151. The van der Waals surface area contributed by atoms with E-state index in [0.29, 0.717) is 34.6 Å². The van der Waals surface area contributed by atoms with Gasteiger partial charge in [0.2, 0.25) is 0 Å². The monoisotopic (exact) mass is 434 g/mol. The van der Waals surface area contributed by atoms with E-state index in [0.717, 1.165) is 5.56 Å². The molecule has 4 aromatic heterocycles. The molecule has 1 aliphatic heterocycles. The zero-order valence-electron chi connectivity index (χ0n) is 16.6. The van der Waals surface area contributed by atoms with Gasteiger partial charge in [0.05, 0.1) is 18.3 Å². The van der Waals surface area contributed by atoms with Crippen LogP contribution < -0.4 is 0 Å². The van der Waals surface area contributed by atoms with E-state index < -0.39 is 0 Å². The van der Waals surface area contributed by atoms with Gasteiger partial charge in [-0.05, 0) is 36.4 Å². The molecule has 5 rings (SSSR count). The molecule has 0 saturated carbocycles. The van der Waals surface area contributed by atoms with Gasteiger partial charge >= 0.3 is 0 Å². The fraction of sp³-hybridized carbons (Fsp3) is 0.190. The highest BCUT2D eigenvalue weighted by Crippen LogP contribution is 2.34. The fourth-order valence-corrected chi connectivity index (χ4v) is 4.18. The number of furan rings is 2. The molecule has 0 aromatic carbocycles. The summed E-state index contributed by atoms with van der Waals surface area (Å²) in [5.41, 5.74) is 1.62. The maximum Gasteiger partial charge on any atom is 0.253 e. The topological polar surface area (TPSA) is 103 Å². The van der Waals surface area contributed by atoms with Crippen molar-refractivity contribution in [1.82, 2.24) is 24.8 Å². The second-order valence-corrected chi connectivity index (χ2v) is 7.83. The van der Waals surface area contributed by atoms with Crippen LogP contribution in [0.4, 0.5) is 0 Å². The Balaban J connectivity index is 1.34. The molecule has 4 aromatic rings. The lowest BCUT2D eigenvalue weighted by atomic mass is 10.1. The quantitative estimate of drug-likeness (QED) is 0.428. The minimum atomic E-state index is -0.310. The van der Waals surface area contributed by atoms with Crippen molar-refractivity contribution in [2.75, 3.05) is 5.75 Å². The van der Waals surface area contributed by atoms with Gasteiger partial charge in [-0.15, -0.1) is 10.2 Å². The Hall–Kier alpha value is -3.66. The molecule has 0 fully saturated rings. The number of thioether (sulfide) groups is 1. The van der Waals surface area contributed by atoms with Crippen LogP contribution in [0.1, 0.15) is 24.0 Å². The van der Waals surface area contributed by atoms with Crippen molar-refractivity contribution in [3.63, 3.8) is 0 Å². The first-order valence-corrected chi connectivity index (χ1v) is 10.6. The molecule has 1 aliphatic rings. The molecule has 10 heteroatoms. The van der Waals surface area contributed by atoms with Gasteiger partial charge in [0.15, 0.2) is 11.0 Å². The van der Waals surface area contributed by atoms with Crippen LogP contribution in [0.25, 0.3) is 11.4 Å². The van der Waals surface area contributed by atoms with E-state index in [9.17, 15) is 4.79 Å². The molecule has 0 spiro atoms. The maximum atomic E-state index is 13.1.